The zero-order chi connectivity index (χ0) is 29.5. The van der Waals surface area contributed by atoms with Gasteiger partial charge >= 0.3 is 0 Å². The molecule has 10 rings (SSSR count). The quantitative estimate of drug-likeness (QED) is 0.210. The van der Waals surface area contributed by atoms with Gasteiger partial charge in [0.1, 0.15) is 22.3 Å². The number of benzene rings is 7. The molecule has 0 fully saturated rings. The summed E-state index contributed by atoms with van der Waals surface area (Å²) in [7, 11) is 0. The number of hydrogen-bond donors (Lipinski definition) is 0. The number of aromatic nitrogens is 1. The topological polar surface area (TPSA) is 31.2 Å². The van der Waals surface area contributed by atoms with E-state index in [0.717, 1.165) is 71.8 Å². The lowest BCUT2D eigenvalue weighted by atomic mass is 9.94. The van der Waals surface area contributed by atoms with Crippen LogP contribution in [0.3, 0.4) is 0 Å². The van der Waals surface area contributed by atoms with Crippen molar-refractivity contribution in [3.63, 3.8) is 0 Å². The Morgan fingerprint density at radius 1 is 0.356 bits per heavy atom. The van der Waals surface area contributed by atoms with E-state index < -0.39 is 0 Å². The Morgan fingerprint density at radius 3 is 1.62 bits per heavy atom. The van der Waals surface area contributed by atoms with Crippen LogP contribution in [-0.2, 0) is 0 Å². The second-order valence-electron chi connectivity index (χ2n) is 11.7. The molecule has 45 heavy (non-hydrogen) atoms. The third kappa shape index (κ3) is 3.58. The summed E-state index contributed by atoms with van der Waals surface area (Å²) in [5.41, 5.74) is 11.6. The lowest BCUT2D eigenvalue weighted by molar-refractivity contribution is 0.668. The van der Waals surface area contributed by atoms with Crippen LogP contribution in [0.1, 0.15) is 0 Å². The summed E-state index contributed by atoms with van der Waals surface area (Å²) in [6, 6.07) is 53.7. The Kier molecular flexibility index (Phi) is 5.00. The van der Waals surface area contributed by atoms with Crippen LogP contribution in [0, 0.1) is 0 Å². The van der Waals surface area contributed by atoms with E-state index in [9.17, 15) is 0 Å². The Bertz CT molecular complexity index is 2760. The highest BCUT2D eigenvalue weighted by Gasteiger charge is 2.20. The van der Waals surface area contributed by atoms with Gasteiger partial charge in [-0.05, 0) is 83.4 Å². The van der Waals surface area contributed by atoms with Crippen LogP contribution in [0.5, 0.6) is 0 Å². The molecule has 3 nitrogen and oxygen atoms in total. The zero-order valence-electron chi connectivity index (χ0n) is 24.2. The number of rotatable bonds is 3. The van der Waals surface area contributed by atoms with Crippen LogP contribution in [0.15, 0.2) is 160 Å². The number of nitrogens with zero attached hydrogens (tertiary/aromatic N) is 1. The molecule has 0 saturated heterocycles. The Labute approximate surface area is 258 Å². The average molecular weight is 576 g/mol. The molecule has 0 bridgehead atoms. The molecule has 3 aromatic heterocycles. The maximum atomic E-state index is 6.37. The third-order valence-corrected chi connectivity index (χ3v) is 9.18. The van der Waals surface area contributed by atoms with Gasteiger partial charge < -0.3 is 13.4 Å². The molecule has 0 aliphatic rings. The molecule has 0 saturated carbocycles. The minimum atomic E-state index is 0.887. The van der Waals surface area contributed by atoms with Crippen molar-refractivity contribution in [2.45, 2.75) is 0 Å². The predicted molar refractivity (Wildman–Crippen MR) is 186 cm³/mol. The third-order valence-electron chi connectivity index (χ3n) is 9.18. The second-order valence-corrected chi connectivity index (χ2v) is 11.7. The van der Waals surface area contributed by atoms with Crippen molar-refractivity contribution in [3.05, 3.63) is 152 Å². The van der Waals surface area contributed by atoms with Crippen molar-refractivity contribution in [1.82, 2.24) is 4.57 Å². The molecule has 0 spiro atoms. The molecule has 0 radical (unpaired) electrons. The fourth-order valence-corrected chi connectivity index (χ4v) is 7.13. The van der Waals surface area contributed by atoms with Gasteiger partial charge in [-0.25, -0.2) is 0 Å². The van der Waals surface area contributed by atoms with Crippen molar-refractivity contribution >= 4 is 65.7 Å². The van der Waals surface area contributed by atoms with Crippen molar-refractivity contribution in [2.75, 3.05) is 0 Å². The molecule has 7 aromatic carbocycles. The van der Waals surface area contributed by atoms with Gasteiger partial charge in [0.15, 0.2) is 0 Å². The summed E-state index contributed by atoms with van der Waals surface area (Å²) < 4.78 is 15.1. The van der Waals surface area contributed by atoms with E-state index in [4.69, 9.17) is 8.83 Å². The number of fused-ring (bicyclic) bond motifs is 9. The molecule has 0 aliphatic heterocycles. The minimum Gasteiger partial charge on any atom is -0.456 e. The molecule has 3 heteroatoms. The van der Waals surface area contributed by atoms with E-state index in [1.165, 1.54) is 21.8 Å². The number of hydrogen-bond acceptors (Lipinski definition) is 2. The van der Waals surface area contributed by atoms with Gasteiger partial charge in [-0.3, -0.25) is 0 Å². The van der Waals surface area contributed by atoms with E-state index in [0.29, 0.717) is 0 Å². The first-order chi connectivity index (χ1) is 22.3. The summed E-state index contributed by atoms with van der Waals surface area (Å²) in [5, 5.41) is 6.95. The smallest absolute Gasteiger partial charge is 0.136 e. The van der Waals surface area contributed by atoms with Gasteiger partial charge in [0.25, 0.3) is 0 Å². The molecule has 210 valence electrons. The molecular weight excluding hydrogens is 550 g/mol. The Hall–Kier alpha value is -6.06. The largest absolute Gasteiger partial charge is 0.456 e. The molecule has 3 heterocycles. The van der Waals surface area contributed by atoms with E-state index >= 15 is 0 Å². The molecule has 10 aromatic rings. The fourth-order valence-electron chi connectivity index (χ4n) is 7.13. The lowest BCUT2D eigenvalue weighted by Gasteiger charge is -2.14. The molecule has 0 amide bonds. The maximum absolute atomic E-state index is 6.37. The first kappa shape index (κ1) is 24.4. The summed E-state index contributed by atoms with van der Waals surface area (Å²) in [6.07, 6.45) is 0. The zero-order valence-corrected chi connectivity index (χ0v) is 24.2. The van der Waals surface area contributed by atoms with Gasteiger partial charge in [-0.15, -0.1) is 0 Å². The maximum Gasteiger partial charge on any atom is 0.136 e. The number of para-hydroxylation sites is 4. The van der Waals surface area contributed by atoms with Crippen LogP contribution in [-0.4, -0.2) is 4.57 Å². The van der Waals surface area contributed by atoms with Gasteiger partial charge in [0.2, 0.25) is 0 Å². The predicted octanol–water partition coefficient (Wildman–Crippen LogP) is 11.9. The van der Waals surface area contributed by atoms with Crippen molar-refractivity contribution < 1.29 is 8.83 Å². The molecule has 0 aliphatic carbocycles. The molecular formula is C42H25NO2. The van der Waals surface area contributed by atoms with Crippen LogP contribution in [0.25, 0.3) is 93.6 Å². The van der Waals surface area contributed by atoms with Crippen LogP contribution < -0.4 is 0 Å². The summed E-state index contributed by atoms with van der Waals surface area (Å²) in [4.78, 5) is 0. The average Bonchev–Trinajstić information content (AvgIpc) is 3.77. The van der Waals surface area contributed by atoms with Crippen molar-refractivity contribution in [3.8, 4) is 27.9 Å². The normalized spacial score (nSPS) is 12.0. The Morgan fingerprint density at radius 2 is 0.911 bits per heavy atom. The van der Waals surface area contributed by atoms with Crippen LogP contribution in [0.4, 0.5) is 0 Å². The van der Waals surface area contributed by atoms with E-state index in [1.807, 2.05) is 24.3 Å². The summed E-state index contributed by atoms with van der Waals surface area (Å²) in [6.45, 7) is 0. The van der Waals surface area contributed by atoms with Gasteiger partial charge in [0.05, 0.1) is 11.0 Å². The standard InChI is InChI=1S/C42H25NO2/c1-2-10-29(11-3-1)43-37-15-7-4-12-30(37)36-23-28(26-18-20-33-31-13-5-8-16-38(31)44-40(33)24-26)22-35(42(36)43)27-19-21-34-32-14-6-9-17-39(32)45-41(34)25-27/h1-25H. The summed E-state index contributed by atoms with van der Waals surface area (Å²) >= 11 is 0. The van der Waals surface area contributed by atoms with E-state index in [1.54, 1.807) is 0 Å². The lowest BCUT2D eigenvalue weighted by Crippen LogP contribution is -1.95. The summed E-state index contributed by atoms with van der Waals surface area (Å²) in [5.74, 6) is 0. The Balaban J connectivity index is 1.30. The van der Waals surface area contributed by atoms with Gasteiger partial charge in [0, 0.05) is 43.6 Å². The van der Waals surface area contributed by atoms with E-state index in [-0.39, 0.29) is 0 Å². The van der Waals surface area contributed by atoms with Gasteiger partial charge in [-0.2, -0.15) is 0 Å². The SMILES string of the molecule is c1ccc(-n2c3ccccc3c3cc(-c4ccc5c(c4)oc4ccccc45)cc(-c4ccc5c(c4)oc4ccccc45)c32)cc1. The molecule has 0 atom stereocenters. The molecule has 0 unspecified atom stereocenters. The monoisotopic (exact) mass is 575 g/mol. The van der Waals surface area contributed by atoms with Crippen LogP contribution in [0.2, 0.25) is 0 Å². The highest BCUT2D eigenvalue weighted by Crippen LogP contribution is 2.43. The first-order valence-electron chi connectivity index (χ1n) is 15.3. The van der Waals surface area contributed by atoms with Crippen molar-refractivity contribution in [2.24, 2.45) is 0 Å². The first-order valence-corrected chi connectivity index (χ1v) is 15.3. The second kappa shape index (κ2) is 9.22. The van der Waals surface area contributed by atoms with E-state index in [2.05, 4.69) is 132 Å². The van der Waals surface area contributed by atoms with Crippen molar-refractivity contribution in [1.29, 1.82) is 0 Å². The minimum absolute atomic E-state index is 0.887. The van der Waals surface area contributed by atoms with Crippen LogP contribution >= 0.6 is 0 Å². The van der Waals surface area contributed by atoms with Gasteiger partial charge in [-0.1, -0.05) is 84.9 Å². The number of furan rings is 2. The highest BCUT2D eigenvalue weighted by molar-refractivity contribution is 6.16. The highest BCUT2D eigenvalue weighted by atomic mass is 16.3. The molecule has 0 N–H and O–H groups in total. The fraction of sp³-hybridized carbons (Fsp3) is 0.